The van der Waals surface area contributed by atoms with Gasteiger partial charge in [-0.15, -0.1) is 11.3 Å². The molecule has 136 valence electrons. The lowest BCUT2D eigenvalue weighted by Gasteiger charge is -2.31. The number of rotatable bonds is 2. The highest BCUT2D eigenvalue weighted by Gasteiger charge is 2.63. The summed E-state index contributed by atoms with van der Waals surface area (Å²) in [6, 6.07) is 16.7. The largest absolute Gasteiger partial charge is 0.294 e. The highest BCUT2D eigenvalue weighted by molar-refractivity contribution is 7.21. The van der Waals surface area contributed by atoms with Crippen LogP contribution in [0.4, 0.5) is 0 Å². The van der Waals surface area contributed by atoms with Crippen LogP contribution >= 0.6 is 11.3 Å². The van der Waals surface area contributed by atoms with E-state index in [1.165, 1.54) is 4.70 Å². The van der Waals surface area contributed by atoms with E-state index in [0.29, 0.717) is 11.7 Å². The third-order valence-electron chi connectivity index (χ3n) is 7.14. The highest BCUT2D eigenvalue weighted by atomic mass is 32.1. The van der Waals surface area contributed by atoms with Crippen LogP contribution in [0.2, 0.25) is 0 Å². The number of para-hydroxylation sites is 1. The number of thiazole rings is 1. The van der Waals surface area contributed by atoms with E-state index in [1.807, 2.05) is 12.1 Å². The van der Waals surface area contributed by atoms with Crippen LogP contribution in [0.1, 0.15) is 39.2 Å². The Morgan fingerprint density at radius 2 is 1.81 bits per heavy atom. The summed E-state index contributed by atoms with van der Waals surface area (Å²) in [5, 5.41) is 1.04. The van der Waals surface area contributed by atoms with Crippen LogP contribution in [0.5, 0.6) is 0 Å². The second kappa shape index (κ2) is 5.62. The van der Waals surface area contributed by atoms with Crippen molar-refractivity contribution in [2.75, 3.05) is 0 Å². The molecule has 5 rings (SSSR count). The Bertz CT molecular complexity index is 1060. The number of allylic oxidation sites excluding steroid dienone is 1. The molecular formula is C24H23NOS. The van der Waals surface area contributed by atoms with Crippen LogP contribution < -0.4 is 0 Å². The van der Waals surface area contributed by atoms with Crippen molar-refractivity contribution in [3.8, 4) is 10.6 Å². The van der Waals surface area contributed by atoms with Crippen molar-refractivity contribution >= 4 is 33.4 Å². The van der Waals surface area contributed by atoms with Gasteiger partial charge in [-0.05, 0) is 53.5 Å². The Morgan fingerprint density at radius 1 is 1.07 bits per heavy atom. The standard InChI is InChI=1S/C24H23NOS/c1-23(2)18-12-13-24(23,3)21(26)17(18)14-15-8-10-16(11-9-15)22-25-19-6-4-5-7-20(19)27-22/h4-11,14,18H,12-13H2,1-3H3/b17-14-. The van der Waals surface area contributed by atoms with Gasteiger partial charge in [-0.2, -0.15) is 0 Å². The fourth-order valence-electron chi connectivity index (χ4n) is 4.99. The predicted octanol–water partition coefficient (Wildman–Crippen LogP) is 6.37. The molecule has 2 saturated carbocycles. The molecule has 2 unspecified atom stereocenters. The average Bonchev–Trinajstić information content (AvgIpc) is 3.23. The van der Waals surface area contributed by atoms with Crippen molar-refractivity contribution in [3.63, 3.8) is 0 Å². The summed E-state index contributed by atoms with van der Waals surface area (Å²) in [5.41, 5.74) is 4.19. The van der Waals surface area contributed by atoms with Crippen molar-refractivity contribution in [1.29, 1.82) is 0 Å². The third kappa shape index (κ3) is 2.31. The van der Waals surface area contributed by atoms with E-state index in [2.05, 4.69) is 63.2 Å². The first-order valence-electron chi connectivity index (χ1n) is 9.62. The Labute approximate surface area is 164 Å². The SMILES string of the molecule is CC12CCC(/C(=C/c3ccc(-c4nc5ccccc5s4)cc3)C1=O)C2(C)C. The van der Waals surface area contributed by atoms with Crippen molar-refractivity contribution in [3.05, 3.63) is 59.7 Å². The molecule has 2 fully saturated rings. The third-order valence-corrected chi connectivity index (χ3v) is 8.22. The molecule has 2 aliphatic carbocycles. The summed E-state index contributed by atoms with van der Waals surface area (Å²) in [4.78, 5) is 17.8. The van der Waals surface area contributed by atoms with Gasteiger partial charge in [0.25, 0.3) is 0 Å². The number of hydrogen-bond donors (Lipinski definition) is 0. The van der Waals surface area contributed by atoms with Crippen LogP contribution in [0, 0.1) is 16.7 Å². The first-order valence-corrected chi connectivity index (χ1v) is 10.4. The van der Waals surface area contributed by atoms with E-state index in [-0.39, 0.29) is 10.8 Å². The summed E-state index contributed by atoms with van der Waals surface area (Å²) >= 11 is 1.72. The van der Waals surface area contributed by atoms with Gasteiger partial charge in [0.05, 0.1) is 10.2 Å². The number of ketones is 1. The maximum absolute atomic E-state index is 13.0. The molecule has 0 saturated heterocycles. The summed E-state index contributed by atoms with van der Waals surface area (Å²) in [6.45, 7) is 6.69. The van der Waals surface area contributed by atoms with Crippen molar-refractivity contribution in [1.82, 2.24) is 4.98 Å². The van der Waals surface area contributed by atoms with Crippen LogP contribution in [-0.4, -0.2) is 10.8 Å². The zero-order valence-corrected chi connectivity index (χ0v) is 16.8. The van der Waals surface area contributed by atoms with Gasteiger partial charge in [0.1, 0.15) is 5.01 Å². The lowest BCUT2D eigenvalue weighted by Crippen LogP contribution is -2.32. The molecule has 2 aromatic carbocycles. The molecule has 3 heteroatoms. The number of benzene rings is 2. The smallest absolute Gasteiger partial charge is 0.165 e. The lowest BCUT2D eigenvalue weighted by atomic mass is 9.70. The first-order chi connectivity index (χ1) is 12.9. The molecule has 2 nitrogen and oxygen atoms in total. The van der Waals surface area contributed by atoms with E-state index >= 15 is 0 Å². The van der Waals surface area contributed by atoms with E-state index in [1.54, 1.807) is 11.3 Å². The van der Waals surface area contributed by atoms with Crippen LogP contribution in [0.3, 0.4) is 0 Å². The van der Waals surface area contributed by atoms with Crippen molar-refractivity contribution < 1.29 is 4.79 Å². The molecule has 0 amide bonds. The number of carbonyl (C=O) groups excluding carboxylic acids is 1. The van der Waals surface area contributed by atoms with Gasteiger partial charge in [0, 0.05) is 11.0 Å². The molecule has 0 N–H and O–H groups in total. The van der Waals surface area contributed by atoms with E-state index in [0.717, 1.165) is 40.1 Å². The van der Waals surface area contributed by atoms with Gasteiger partial charge in [-0.1, -0.05) is 57.2 Å². The summed E-state index contributed by atoms with van der Waals surface area (Å²) in [5.74, 6) is 0.748. The van der Waals surface area contributed by atoms with Crippen molar-refractivity contribution in [2.24, 2.45) is 16.7 Å². The van der Waals surface area contributed by atoms with Crippen molar-refractivity contribution in [2.45, 2.75) is 33.6 Å². The monoisotopic (exact) mass is 373 g/mol. The first kappa shape index (κ1) is 16.9. The average molecular weight is 374 g/mol. The minimum absolute atomic E-state index is 0.0663. The Morgan fingerprint density at radius 3 is 2.48 bits per heavy atom. The molecule has 1 heterocycles. The second-order valence-corrected chi connectivity index (χ2v) is 9.71. The number of aromatic nitrogens is 1. The molecule has 2 atom stereocenters. The minimum Gasteiger partial charge on any atom is -0.294 e. The summed E-state index contributed by atoms with van der Waals surface area (Å²) in [6.07, 6.45) is 4.28. The molecule has 0 spiro atoms. The lowest BCUT2D eigenvalue weighted by molar-refractivity contribution is -0.125. The minimum atomic E-state index is -0.190. The fraction of sp³-hybridized carbons (Fsp3) is 0.333. The Kier molecular flexibility index (Phi) is 3.51. The molecule has 27 heavy (non-hydrogen) atoms. The Hall–Kier alpha value is -2.26. The quantitative estimate of drug-likeness (QED) is 0.488. The number of nitrogens with zero attached hydrogens (tertiary/aromatic N) is 1. The maximum Gasteiger partial charge on any atom is 0.165 e. The van der Waals surface area contributed by atoms with Gasteiger partial charge < -0.3 is 0 Å². The summed E-state index contributed by atoms with van der Waals surface area (Å²) in [7, 11) is 0. The normalized spacial score (nSPS) is 27.7. The number of fused-ring (bicyclic) bond motifs is 3. The van der Waals surface area contributed by atoms with Crippen LogP contribution in [0.25, 0.3) is 26.9 Å². The summed E-state index contributed by atoms with van der Waals surface area (Å²) < 4.78 is 1.21. The highest BCUT2D eigenvalue weighted by Crippen LogP contribution is 2.65. The van der Waals surface area contributed by atoms with Gasteiger partial charge in [-0.3, -0.25) is 4.79 Å². The number of hydrogen-bond acceptors (Lipinski definition) is 3. The molecule has 3 aromatic rings. The van der Waals surface area contributed by atoms with Gasteiger partial charge in [-0.25, -0.2) is 4.98 Å². The predicted molar refractivity (Wildman–Crippen MR) is 113 cm³/mol. The van der Waals surface area contributed by atoms with E-state index < -0.39 is 0 Å². The Balaban J connectivity index is 1.48. The van der Waals surface area contributed by atoms with Crippen LogP contribution in [0.15, 0.2) is 54.1 Å². The van der Waals surface area contributed by atoms with Crippen LogP contribution in [-0.2, 0) is 4.79 Å². The topological polar surface area (TPSA) is 30.0 Å². The zero-order chi connectivity index (χ0) is 18.8. The van der Waals surface area contributed by atoms with E-state index in [4.69, 9.17) is 4.98 Å². The van der Waals surface area contributed by atoms with Gasteiger partial charge >= 0.3 is 0 Å². The van der Waals surface area contributed by atoms with Gasteiger partial charge in [0.2, 0.25) is 0 Å². The van der Waals surface area contributed by atoms with E-state index in [9.17, 15) is 4.79 Å². The zero-order valence-electron chi connectivity index (χ0n) is 16.0. The number of carbonyl (C=O) groups is 1. The molecule has 2 bridgehead atoms. The molecule has 2 aliphatic rings. The van der Waals surface area contributed by atoms with Gasteiger partial charge in [0.15, 0.2) is 5.78 Å². The molecular weight excluding hydrogens is 350 g/mol. The fourth-order valence-corrected chi connectivity index (χ4v) is 5.96. The molecule has 0 aliphatic heterocycles. The number of Topliss-reactive ketones (excluding diaryl/α,β-unsaturated/α-hetero) is 1. The molecule has 1 aromatic heterocycles. The molecule has 0 radical (unpaired) electrons. The second-order valence-electron chi connectivity index (χ2n) is 8.68. The maximum atomic E-state index is 13.0.